The molecular formula is C5H9NO3. The smallest absolute Gasteiger partial charge is 0.294 e. The third kappa shape index (κ3) is 1.87. The van der Waals surface area contributed by atoms with Gasteiger partial charge in [-0.2, -0.15) is 0 Å². The summed E-state index contributed by atoms with van der Waals surface area (Å²) >= 11 is 0. The van der Waals surface area contributed by atoms with Crippen LogP contribution in [-0.2, 0) is 4.84 Å². The van der Waals surface area contributed by atoms with Gasteiger partial charge in [-0.3, -0.25) is 0 Å². The fraction of sp³-hybridized carbons (Fsp3) is 1.00. The van der Waals surface area contributed by atoms with Crippen LogP contribution in [-0.4, -0.2) is 11.2 Å². The monoisotopic (exact) mass is 131 g/mol. The summed E-state index contributed by atoms with van der Waals surface area (Å²) in [7, 11) is 0. The minimum absolute atomic E-state index is 0.111. The van der Waals surface area contributed by atoms with Crippen LogP contribution >= 0.6 is 0 Å². The van der Waals surface area contributed by atoms with Crippen molar-refractivity contribution >= 4 is 0 Å². The highest BCUT2D eigenvalue weighted by atomic mass is 17.0. The zero-order chi connectivity index (χ0) is 6.69. The summed E-state index contributed by atoms with van der Waals surface area (Å²) < 4.78 is 0. The van der Waals surface area contributed by atoms with Gasteiger partial charge < -0.3 is 4.84 Å². The third-order valence-corrected chi connectivity index (χ3v) is 1.54. The molecule has 0 amide bonds. The highest BCUT2D eigenvalue weighted by Crippen LogP contribution is 2.20. The fourth-order valence-electron chi connectivity index (χ4n) is 1.12. The highest BCUT2D eigenvalue weighted by molar-refractivity contribution is 4.64. The van der Waals surface area contributed by atoms with Crippen molar-refractivity contribution in [2.24, 2.45) is 0 Å². The van der Waals surface area contributed by atoms with Gasteiger partial charge in [0, 0.05) is 0 Å². The standard InChI is InChI=1S/C5H9NO3/c7-6(8)9-5-3-1-2-4-5/h5H,1-4H2. The van der Waals surface area contributed by atoms with Crippen LogP contribution in [0.2, 0.25) is 0 Å². The highest BCUT2D eigenvalue weighted by Gasteiger charge is 2.17. The lowest BCUT2D eigenvalue weighted by atomic mass is 10.3. The number of hydrogen-bond acceptors (Lipinski definition) is 3. The molecule has 0 heterocycles. The minimum Gasteiger partial charge on any atom is -0.311 e. The van der Waals surface area contributed by atoms with Gasteiger partial charge in [-0.15, -0.1) is 10.1 Å². The first-order chi connectivity index (χ1) is 4.29. The van der Waals surface area contributed by atoms with Gasteiger partial charge in [0.05, 0.1) is 0 Å². The molecule has 4 nitrogen and oxygen atoms in total. The molecule has 4 heteroatoms. The van der Waals surface area contributed by atoms with E-state index >= 15 is 0 Å². The molecule has 1 aliphatic carbocycles. The Bertz CT molecular complexity index is 109. The Morgan fingerprint density at radius 2 is 2.00 bits per heavy atom. The largest absolute Gasteiger partial charge is 0.311 e. The van der Waals surface area contributed by atoms with Gasteiger partial charge in [0.25, 0.3) is 5.09 Å². The van der Waals surface area contributed by atoms with Gasteiger partial charge in [-0.1, -0.05) is 12.8 Å². The lowest BCUT2D eigenvalue weighted by molar-refractivity contribution is -0.768. The van der Waals surface area contributed by atoms with Gasteiger partial charge in [-0.05, 0) is 12.8 Å². The van der Waals surface area contributed by atoms with Crippen LogP contribution in [0, 0.1) is 10.1 Å². The maximum atomic E-state index is 9.74. The molecule has 0 aromatic rings. The molecule has 9 heavy (non-hydrogen) atoms. The van der Waals surface area contributed by atoms with E-state index in [0.717, 1.165) is 25.7 Å². The SMILES string of the molecule is O=[N+]([O-])OC1CCCC1. The summed E-state index contributed by atoms with van der Waals surface area (Å²) in [5, 5.41) is 9.04. The Kier molecular flexibility index (Phi) is 1.87. The predicted octanol–water partition coefficient (Wildman–Crippen LogP) is 1.14. The van der Waals surface area contributed by atoms with Crippen LogP contribution in [0.15, 0.2) is 0 Å². The van der Waals surface area contributed by atoms with E-state index < -0.39 is 5.09 Å². The molecule has 0 atom stereocenters. The van der Waals surface area contributed by atoms with E-state index in [4.69, 9.17) is 0 Å². The Hall–Kier alpha value is -0.800. The molecule has 52 valence electrons. The maximum absolute atomic E-state index is 9.74. The molecule has 0 bridgehead atoms. The molecule has 0 saturated heterocycles. The molecule has 0 N–H and O–H groups in total. The average molecular weight is 131 g/mol. The lowest BCUT2D eigenvalue weighted by Gasteiger charge is -2.03. The van der Waals surface area contributed by atoms with Crippen molar-refractivity contribution in [1.29, 1.82) is 0 Å². The first-order valence-electron chi connectivity index (χ1n) is 3.10. The fourth-order valence-corrected chi connectivity index (χ4v) is 1.12. The zero-order valence-corrected chi connectivity index (χ0v) is 5.08. The minimum atomic E-state index is -0.698. The normalized spacial score (nSPS) is 20.0. The molecule has 0 aromatic heterocycles. The molecule has 0 aliphatic heterocycles. The summed E-state index contributed by atoms with van der Waals surface area (Å²) in [5.74, 6) is 0. The van der Waals surface area contributed by atoms with Crippen molar-refractivity contribution in [3.05, 3.63) is 10.1 Å². The Morgan fingerprint density at radius 1 is 1.44 bits per heavy atom. The van der Waals surface area contributed by atoms with E-state index in [1.54, 1.807) is 0 Å². The molecule has 1 saturated carbocycles. The van der Waals surface area contributed by atoms with Crippen molar-refractivity contribution in [3.63, 3.8) is 0 Å². The van der Waals surface area contributed by atoms with E-state index in [9.17, 15) is 10.1 Å². The Labute approximate surface area is 52.9 Å². The third-order valence-electron chi connectivity index (χ3n) is 1.54. The van der Waals surface area contributed by atoms with Crippen LogP contribution in [0.3, 0.4) is 0 Å². The van der Waals surface area contributed by atoms with Crippen molar-refractivity contribution in [1.82, 2.24) is 0 Å². The molecule has 1 rings (SSSR count). The van der Waals surface area contributed by atoms with Gasteiger partial charge in [0.15, 0.2) is 0 Å². The second kappa shape index (κ2) is 2.66. The van der Waals surface area contributed by atoms with Crippen LogP contribution in [0.4, 0.5) is 0 Å². The van der Waals surface area contributed by atoms with Crippen LogP contribution in [0.5, 0.6) is 0 Å². The van der Waals surface area contributed by atoms with Crippen molar-refractivity contribution in [2.75, 3.05) is 0 Å². The first-order valence-corrected chi connectivity index (χ1v) is 3.10. The topological polar surface area (TPSA) is 52.4 Å². The molecule has 0 unspecified atom stereocenters. The zero-order valence-electron chi connectivity index (χ0n) is 5.08. The first kappa shape index (κ1) is 6.32. The molecule has 1 aliphatic rings. The summed E-state index contributed by atoms with van der Waals surface area (Å²) in [6.45, 7) is 0. The average Bonchev–Trinajstić information content (AvgIpc) is 2.15. The second-order valence-electron chi connectivity index (χ2n) is 2.24. The van der Waals surface area contributed by atoms with Gasteiger partial charge in [0.1, 0.15) is 6.10 Å². The van der Waals surface area contributed by atoms with Crippen LogP contribution in [0.25, 0.3) is 0 Å². The van der Waals surface area contributed by atoms with Crippen LogP contribution < -0.4 is 0 Å². The van der Waals surface area contributed by atoms with E-state index in [-0.39, 0.29) is 6.10 Å². The summed E-state index contributed by atoms with van der Waals surface area (Å²) in [6.07, 6.45) is 3.72. The lowest BCUT2D eigenvalue weighted by Crippen LogP contribution is -2.12. The van der Waals surface area contributed by atoms with Gasteiger partial charge in [-0.25, -0.2) is 0 Å². The van der Waals surface area contributed by atoms with E-state index in [1.165, 1.54) is 0 Å². The summed E-state index contributed by atoms with van der Waals surface area (Å²) in [6, 6.07) is 0. The summed E-state index contributed by atoms with van der Waals surface area (Å²) in [5.41, 5.74) is 0. The van der Waals surface area contributed by atoms with E-state index in [0.29, 0.717) is 0 Å². The molecule has 0 spiro atoms. The second-order valence-corrected chi connectivity index (χ2v) is 2.24. The van der Waals surface area contributed by atoms with Gasteiger partial charge in [0.2, 0.25) is 0 Å². The molecular weight excluding hydrogens is 122 g/mol. The molecule has 1 fully saturated rings. The maximum Gasteiger partial charge on any atom is 0.294 e. The Balaban J connectivity index is 2.19. The summed E-state index contributed by atoms with van der Waals surface area (Å²) in [4.78, 5) is 14.1. The van der Waals surface area contributed by atoms with Crippen molar-refractivity contribution < 1.29 is 9.92 Å². The number of rotatable bonds is 2. The number of hydrogen-bond donors (Lipinski definition) is 0. The van der Waals surface area contributed by atoms with Crippen LogP contribution in [0.1, 0.15) is 25.7 Å². The Morgan fingerprint density at radius 3 is 2.44 bits per heavy atom. The van der Waals surface area contributed by atoms with E-state index in [1.807, 2.05) is 0 Å². The molecule has 0 radical (unpaired) electrons. The van der Waals surface area contributed by atoms with E-state index in [2.05, 4.69) is 4.84 Å². The van der Waals surface area contributed by atoms with Gasteiger partial charge >= 0.3 is 0 Å². The quantitative estimate of drug-likeness (QED) is 0.417. The molecule has 0 aromatic carbocycles. The van der Waals surface area contributed by atoms with Crippen molar-refractivity contribution in [3.8, 4) is 0 Å². The van der Waals surface area contributed by atoms with Crippen molar-refractivity contribution in [2.45, 2.75) is 31.8 Å². The predicted molar refractivity (Wildman–Crippen MR) is 30.3 cm³/mol. The number of nitrogens with zero attached hydrogens (tertiary/aromatic N) is 1.